The van der Waals surface area contributed by atoms with Crippen LogP contribution in [0.5, 0.6) is 0 Å². The highest BCUT2D eigenvalue weighted by molar-refractivity contribution is 5.95. The van der Waals surface area contributed by atoms with Gasteiger partial charge in [-0.05, 0) is 39.0 Å². The Morgan fingerprint density at radius 2 is 1.86 bits per heavy atom. The first-order chi connectivity index (χ1) is 10.3. The minimum absolute atomic E-state index is 0.0283. The fourth-order valence-corrected chi connectivity index (χ4v) is 2.53. The molecule has 1 aromatic carbocycles. The number of aryl methyl sites for hydroxylation is 1. The molecule has 0 saturated carbocycles. The van der Waals surface area contributed by atoms with Gasteiger partial charge in [-0.15, -0.1) is 0 Å². The minimum atomic E-state index is -4.45. The summed E-state index contributed by atoms with van der Waals surface area (Å²) >= 11 is 0. The van der Waals surface area contributed by atoms with Crippen molar-refractivity contribution in [3.8, 4) is 5.69 Å². The summed E-state index contributed by atoms with van der Waals surface area (Å²) in [5, 5.41) is 2.67. The number of amides is 1. The van der Waals surface area contributed by atoms with Crippen LogP contribution in [-0.4, -0.2) is 17.0 Å². The lowest BCUT2D eigenvalue weighted by molar-refractivity contribution is -0.137. The molecule has 0 aliphatic carbocycles. The Balaban J connectivity index is 2.63. The van der Waals surface area contributed by atoms with Crippen molar-refractivity contribution in [1.29, 1.82) is 0 Å². The zero-order valence-electron chi connectivity index (χ0n) is 12.6. The first kappa shape index (κ1) is 16.1. The second-order valence-electron chi connectivity index (χ2n) is 4.99. The van der Waals surface area contributed by atoms with Gasteiger partial charge in [0.15, 0.2) is 0 Å². The van der Waals surface area contributed by atoms with Crippen molar-refractivity contribution in [2.24, 2.45) is 0 Å². The van der Waals surface area contributed by atoms with Crippen molar-refractivity contribution in [3.05, 3.63) is 52.8 Å². The highest BCUT2D eigenvalue weighted by Gasteiger charge is 2.34. The zero-order valence-corrected chi connectivity index (χ0v) is 12.6. The summed E-state index contributed by atoms with van der Waals surface area (Å²) in [5.41, 5.74) is 0.756. The van der Waals surface area contributed by atoms with Gasteiger partial charge in [-0.2, -0.15) is 13.2 Å². The van der Waals surface area contributed by atoms with E-state index < -0.39 is 11.7 Å². The van der Waals surface area contributed by atoms with Crippen LogP contribution in [0.2, 0.25) is 0 Å². The molecule has 22 heavy (non-hydrogen) atoms. The van der Waals surface area contributed by atoms with Crippen LogP contribution in [0.4, 0.5) is 13.2 Å². The van der Waals surface area contributed by atoms with Crippen LogP contribution in [-0.2, 0) is 6.18 Å². The van der Waals surface area contributed by atoms with Crippen LogP contribution in [0.15, 0.2) is 30.3 Å². The molecular weight excluding hydrogens is 293 g/mol. The monoisotopic (exact) mass is 310 g/mol. The number of rotatable bonds is 3. The summed E-state index contributed by atoms with van der Waals surface area (Å²) in [4.78, 5) is 12.0. The maximum Gasteiger partial charge on any atom is 0.418 e. The first-order valence-electron chi connectivity index (χ1n) is 6.91. The molecule has 0 spiro atoms. The van der Waals surface area contributed by atoms with E-state index in [0.29, 0.717) is 23.5 Å². The Morgan fingerprint density at radius 3 is 2.45 bits per heavy atom. The number of para-hydroxylation sites is 1. The number of hydrogen-bond donors (Lipinski definition) is 1. The summed E-state index contributed by atoms with van der Waals surface area (Å²) < 4.78 is 41.0. The fraction of sp³-hybridized carbons (Fsp3) is 0.312. The molecule has 0 bridgehead atoms. The Labute approximate surface area is 126 Å². The largest absolute Gasteiger partial charge is 0.418 e. The summed E-state index contributed by atoms with van der Waals surface area (Å²) in [5.74, 6) is -0.286. The lowest BCUT2D eigenvalue weighted by atomic mass is 10.1. The number of halogens is 3. The zero-order chi connectivity index (χ0) is 16.5. The summed E-state index contributed by atoms with van der Waals surface area (Å²) in [6, 6.07) is 6.96. The highest BCUT2D eigenvalue weighted by atomic mass is 19.4. The van der Waals surface area contributed by atoms with E-state index in [2.05, 4.69) is 5.32 Å². The number of alkyl halides is 3. The lowest BCUT2D eigenvalue weighted by Crippen LogP contribution is -2.23. The molecule has 0 fully saturated rings. The number of nitrogens with one attached hydrogen (secondary N) is 1. The maximum absolute atomic E-state index is 13.2. The van der Waals surface area contributed by atoms with Crippen LogP contribution < -0.4 is 5.32 Å². The number of nitrogens with zero attached hydrogens (tertiary/aromatic N) is 1. The van der Waals surface area contributed by atoms with Gasteiger partial charge in [-0.1, -0.05) is 12.1 Å². The molecule has 118 valence electrons. The Bertz CT molecular complexity index is 702. The van der Waals surface area contributed by atoms with Crippen molar-refractivity contribution in [2.75, 3.05) is 6.54 Å². The molecule has 0 radical (unpaired) electrons. The standard InChI is InChI=1S/C16H17F3N2O/c1-4-20-15(22)12-9-10(2)21(11(12)3)14-8-6-5-7-13(14)16(17,18)19/h5-9H,4H2,1-3H3,(H,20,22). The molecule has 1 N–H and O–H groups in total. The van der Waals surface area contributed by atoms with Crippen LogP contribution in [0.25, 0.3) is 5.69 Å². The van der Waals surface area contributed by atoms with E-state index >= 15 is 0 Å². The van der Waals surface area contributed by atoms with E-state index in [1.54, 1.807) is 32.9 Å². The van der Waals surface area contributed by atoms with E-state index in [-0.39, 0.29) is 11.6 Å². The molecule has 0 aliphatic heterocycles. The van der Waals surface area contributed by atoms with Crippen molar-refractivity contribution in [3.63, 3.8) is 0 Å². The Morgan fingerprint density at radius 1 is 1.23 bits per heavy atom. The highest BCUT2D eigenvalue weighted by Crippen LogP contribution is 2.35. The molecule has 0 unspecified atom stereocenters. The average Bonchev–Trinajstić information content (AvgIpc) is 2.73. The molecule has 3 nitrogen and oxygen atoms in total. The Kier molecular flexibility index (Phi) is 4.30. The van der Waals surface area contributed by atoms with Crippen LogP contribution in [0.1, 0.15) is 34.2 Å². The second-order valence-corrected chi connectivity index (χ2v) is 4.99. The topological polar surface area (TPSA) is 34.0 Å². The van der Waals surface area contributed by atoms with E-state index in [1.165, 1.54) is 16.7 Å². The fourth-order valence-electron chi connectivity index (χ4n) is 2.53. The summed E-state index contributed by atoms with van der Waals surface area (Å²) in [6.07, 6.45) is -4.45. The number of hydrogen-bond acceptors (Lipinski definition) is 1. The van der Waals surface area contributed by atoms with Gasteiger partial charge >= 0.3 is 6.18 Å². The van der Waals surface area contributed by atoms with Gasteiger partial charge in [0.25, 0.3) is 5.91 Å². The number of aromatic nitrogens is 1. The van der Waals surface area contributed by atoms with E-state index in [0.717, 1.165) is 6.07 Å². The third-order valence-electron chi connectivity index (χ3n) is 3.46. The lowest BCUT2D eigenvalue weighted by Gasteiger charge is -2.16. The van der Waals surface area contributed by atoms with Gasteiger partial charge in [0, 0.05) is 17.9 Å². The van der Waals surface area contributed by atoms with Crippen molar-refractivity contribution in [1.82, 2.24) is 9.88 Å². The van der Waals surface area contributed by atoms with E-state index in [4.69, 9.17) is 0 Å². The quantitative estimate of drug-likeness (QED) is 0.917. The van der Waals surface area contributed by atoms with Crippen LogP contribution >= 0.6 is 0 Å². The van der Waals surface area contributed by atoms with E-state index in [9.17, 15) is 18.0 Å². The third-order valence-corrected chi connectivity index (χ3v) is 3.46. The molecule has 1 aromatic heterocycles. The summed E-state index contributed by atoms with van der Waals surface area (Å²) in [6.45, 7) is 5.57. The van der Waals surface area contributed by atoms with Crippen LogP contribution in [0, 0.1) is 13.8 Å². The van der Waals surface area contributed by atoms with Gasteiger partial charge < -0.3 is 9.88 Å². The molecule has 1 heterocycles. The molecule has 1 amide bonds. The third kappa shape index (κ3) is 2.86. The number of carbonyl (C=O) groups excluding carboxylic acids is 1. The Hall–Kier alpha value is -2.24. The van der Waals surface area contributed by atoms with Crippen molar-refractivity contribution >= 4 is 5.91 Å². The molecule has 0 aliphatic rings. The molecule has 0 saturated heterocycles. The van der Waals surface area contributed by atoms with Crippen molar-refractivity contribution < 1.29 is 18.0 Å². The maximum atomic E-state index is 13.2. The molecule has 0 atom stereocenters. The van der Waals surface area contributed by atoms with Gasteiger partial charge in [0.2, 0.25) is 0 Å². The second kappa shape index (κ2) is 5.87. The van der Waals surface area contributed by atoms with E-state index in [1.807, 2.05) is 0 Å². The molecular formula is C16H17F3N2O. The van der Waals surface area contributed by atoms with Crippen molar-refractivity contribution in [2.45, 2.75) is 26.9 Å². The van der Waals surface area contributed by atoms with Gasteiger partial charge in [0.1, 0.15) is 0 Å². The van der Waals surface area contributed by atoms with Gasteiger partial charge in [0.05, 0.1) is 16.8 Å². The smallest absolute Gasteiger partial charge is 0.352 e. The number of carbonyl (C=O) groups is 1. The normalized spacial score (nSPS) is 11.5. The average molecular weight is 310 g/mol. The predicted molar refractivity (Wildman–Crippen MR) is 78.3 cm³/mol. The minimum Gasteiger partial charge on any atom is -0.352 e. The molecule has 2 rings (SSSR count). The molecule has 6 heteroatoms. The first-order valence-corrected chi connectivity index (χ1v) is 6.91. The summed E-state index contributed by atoms with van der Waals surface area (Å²) in [7, 11) is 0. The van der Waals surface area contributed by atoms with Crippen LogP contribution in [0.3, 0.4) is 0 Å². The van der Waals surface area contributed by atoms with Gasteiger partial charge in [-0.25, -0.2) is 0 Å². The number of benzene rings is 1. The molecule has 2 aromatic rings. The predicted octanol–water partition coefficient (Wildman–Crippen LogP) is 3.86. The van der Waals surface area contributed by atoms with Gasteiger partial charge in [-0.3, -0.25) is 4.79 Å². The SMILES string of the molecule is CCNC(=O)c1cc(C)n(-c2ccccc2C(F)(F)F)c1C.